The number of rotatable bonds is 5. The first-order chi connectivity index (χ1) is 9.69. The molecule has 0 fully saturated rings. The van der Waals surface area contributed by atoms with Gasteiger partial charge >= 0.3 is 0 Å². The smallest absolute Gasteiger partial charge is 0.237 e. The summed E-state index contributed by atoms with van der Waals surface area (Å²) in [5.41, 5.74) is 3.31. The molecule has 3 aromatic rings. The van der Waals surface area contributed by atoms with Gasteiger partial charge in [0.15, 0.2) is 4.96 Å². The first-order valence-corrected chi connectivity index (χ1v) is 7.25. The van der Waals surface area contributed by atoms with Crippen LogP contribution in [0.5, 0.6) is 5.88 Å². The number of nitrogens with zero attached hydrogens (tertiary/aromatic N) is 4. The molecule has 106 valence electrons. The molecule has 1 N–H and O–H groups in total. The van der Waals surface area contributed by atoms with Gasteiger partial charge in [-0.05, 0) is 6.92 Å². The van der Waals surface area contributed by atoms with Crippen molar-refractivity contribution in [3.8, 4) is 5.88 Å². The fourth-order valence-corrected chi connectivity index (χ4v) is 3.00. The number of ether oxygens (including phenoxy) is 1. The van der Waals surface area contributed by atoms with Gasteiger partial charge in [0.25, 0.3) is 0 Å². The number of methoxy groups -OCH3 is 1. The number of nitrogens with one attached hydrogen (secondary N) is 1. The Hall–Kier alpha value is -1.86. The van der Waals surface area contributed by atoms with Gasteiger partial charge in [-0.15, -0.1) is 11.3 Å². The molecule has 3 aromatic heterocycles. The van der Waals surface area contributed by atoms with Crippen LogP contribution in [-0.4, -0.2) is 26.3 Å². The molecule has 0 amide bonds. The van der Waals surface area contributed by atoms with E-state index in [1.54, 1.807) is 18.4 Å². The van der Waals surface area contributed by atoms with Crippen LogP contribution in [0.4, 0.5) is 0 Å². The topological polar surface area (TPSA) is 56.4 Å². The van der Waals surface area contributed by atoms with E-state index in [4.69, 9.17) is 4.74 Å². The second-order valence-electron chi connectivity index (χ2n) is 4.64. The third kappa shape index (κ3) is 2.30. The highest BCUT2D eigenvalue weighted by molar-refractivity contribution is 7.15. The van der Waals surface area contributed by atoms with Crippen LogP contribution in [0.2, 0.25) is 0 Å². The normalized spacial score (nSPS) is 11.3. The summed E-state index contributed by atoms with van der Waals surface area (Å²) in [4.78, 5) is 5.40. The molecule has 0 saturated heterocycles. The summed E-state index contributed by atoms with van der Waals surface area (Å²) in [5, 5.41) is 9.79. The molecule has 7 heteroatoms. The van der Waals surface area contributed by atoms with Gasteiger partial charge < -0.3 is 10.1 Å². The number of imidazole rings is 1. The second-order valence-corrected chi connectivity index (χ2v) is 5.51. The van der Waals surface area contributed by atoms with Crippen molar-refractivity contribution in [2.75, 3.05) is 7.11 Å². The lowest BCUT2D eigenvalue weighted by molar-refractivity contribution is 0.393. The average molecular weight is 291 g/mol. The van der Waals surface area contributed by atoms with Crippen LogP contribution >= 0.6 is 11.3 Å². The van der Waals surface area contributed by atoms with Crippen molar-refractivity contribution in [3.63, 3.8) is 0 Å². The Labute approximate surface area is 121 Å². The molecule has 3 rings (SSSR count). The predicted octanol–water partition coefficient (Wildman–Crippen LogP) is 1.74. The van der Waals surface area contributed by atoms with Crippen molar-refractivity contribution in [3.05, 3.63) is 34.7 Å². The monoisotopic (exact) mass is 291 g/mol. The van der Waals surface area contributed by atoms with Crippen molar-refractivity contribution in [1.29, 1.82) is 0 Å². The molecule has 20 heavy (non-hydrogen) atoms. The van der Waals surface area contributed by atoms with Crippen LogP contribution in [0.15, 0.2) is 17.8 Å². The maximum Gasteiger partial charge on any atom is 0.237 e. The maximum absolute atomic E-state index is 5.34. The van der Waals surface area contributed by atoms with Gasteiger partial charge in [0.05, 0.1) is 12.8 Å². The lowest BCUT2D eigenvalue weighted by Gasteiger charge is -2.05. The SMILES string of the molecule is COc1nc2sccn2c1CNCc1cn(C)nc1C. The Balaban J connectivity index is 1.73. The van der Waals surface area contributed by atoms with Crippen molar-refractivity contribution in [1.82, 2.24) is 24.5 Å². The van der Waals surface area contributed by atoms with E-state index in [1.807, 2.05) is 36.4 Å². The first kappa shape index (κ1) is 13.1. The minimum atomic E-state index is 0.687. The highest BCUT2D eigenvalue weighted by atomic mass is 32.1. The van der Waals surface area contributed by atoms with E-state index in [9.17, 15) is 0 Å². The van der Waals surface area contributed by atoms with Crippen LogP contribution in [0.3, 0.4) is 0 Å². The van der Waals surface area contributed by atoms with Crippen LogP contribution in [0, 0.1) is 6.92 Å². The fourth-order valence-electron chi connectivity index (χ4n) is 2.27. The van der Waals surface area contributed by atoms with E-state index in [1.165, 1.54) is 5.56 Å². The number of thiazole rings is 1. The first-order valence-electron chi connectivity index (χ1n) is 6.37. The standard InChI is InChI=1S/C13H17N5OS/c1-9-10(8-17(2)16-9)6-14-7-11-12(19-3)15-13-18(11)4-5-20-13/h4-5,8,14H,6-7H2,1-3H3. The number of aromatic nitrogens is 4. The quantitative estimate of drug-likeness (QED) is 0.778. The Morgan fingerprint density at radius 2 is 2.25 bits per heavy atom. The minimum absolute atomic E-state index is 0.687. The van der Waals surface area contributed by atoms with Crippen molar-refractivity contribution >= 4 is 16.3 Å². The minimum Gasteiger partial charge on any atom is -0.480 e. The molecule has 3 heterocycles. The van der Waals surface area contributed by atoms with Crippen LogP contribution in [0.1, 0.15) is 17.0 Å². The van der Waals surface area contributed by atoms with E-state index in [0.717, 1.165) is 22.9 Å². The molecule has 0 saturated carbocycles. The van der Waals surface area contributed by atoms with Crippen molar-refractivity contribution in [2.24, 2.45) is 7.05 Å². The molecule has 0 aliphatic rings. The number of aryl methyl sites for hydroxylation is 2. The summed E-state index contributed by atoms with van der Waals surface area (Å²) in [6, 6.07) is 0. The highest BCUT2D eigenvalue weighted by Gasteiger charge is 2.13. The summed E-state index contributed by atoms with van der Waals surface area (Å²) < 4.78 is 9.24. The highest BCUT2D eigenvalue weighted by Crippen LogP contribution is 2.22. The molecule has 0 aliphatic heterocycles. The zero-order valence-corrected chi connectivity index (χ0v) is 12.6. The Kier molecular flexibility index (Phi) is 3.45. The molecule has 0 bridgehead atoms. The summed E-state index contributed by atoms with van der Waals surface area (Å²) in [5.74, 6) is 0.687. The number of hydrogen-bond acceptors (Lipinski definition) is 5. The molecule has 0 atom stereocenters. The molecular weight excluding hydrogens is 274 g/mol. The summed E-state index contributed by atoms with van der Waals surface area (Å²) in [7, 11) is 3.59. The molecule has 0 unspecified atom stereocenters. The molecule has 0 aliphatic carbocycles. The molecule has 0 spiro atoms. The lowest BCUT2D eigenvalue weighted by atomic mass is 10.2. The molecule has 6 nitrogen and oxygen atoms in total. The Morgan fingerprint density at radius 1 is 1.40 bits per heavy atom. The van der Waals surface area contributed by atoms with E-state index < -0.39 is 0 Å². The third-order valence-electron chi connectivity index (χ3n) is 3.24. The molecule has 0 radical (unpaired) electrons. The lowest BCUT2D eigenvalue weighted by Crippen LogP contribution is -2.14. The van der Waals surface area contributed by atoms with Gasteiger partial charge in [0, 0.05) is 43.5 Å². The maximum atomic E-state index is 5.34. The summed E-state index contributed by atoms with van der Waals surface area (Å²) in [6.45, 7) is 3.50. The van der Waals surface area contributed by atoms with Gasteiger partial charge in [-0.2, -0.15) is 10.1 Å². The Bertz CT molecular complexity index is 726. The van der Waals surface area contributed by atoms with Gasteiger partial charge in [-0.1, -0.05) is 0 Å². The van der Waals surface area contributed by atoms with Crippen molar-refractivity contribution < 1.29 is 4.74 Å². The van der Waals surface area contributed by atoms with E-state index in [-0.39, 0.29) is 0 Å². The summed E-state index contributed by atoms with van der Waals surface area (Å²) >= 11 is 1.60. The van der Waals surface area contributed by atoms with Crippen LogP contribution < -0.4 is 10.1 Å². The van der Waals surface area contributed by atoms with Crippen molar-refractivity contribution in [2.45, 2.75) is 20.0 Å². The second kappa shape index (κ2) is 5.26. The van der Waals surface area contributed by atoms with Crippen LogP contribution in [0.25, 0.3) is 4.96 Å². The van der Waals surface area contributed by atoms with Gasteiger partial charge in [-0.25, -0.2) is 0 Å². The predicted molar refractivity (Wildman–Crippen MR) is 78.1 cm³/mol. The van der Waals surface area contributed by atoms with Gasteiger partial charge in [-0.3, -0.25) is 9.08 Å². The molecule has 0 aromatic carbocycles. The van der Waals surface area contributed by atoms with E-state index >= 15 is 0 Å². The fraction of sp³-hybridized carbons (Fsp3) is 0.385. The Morgan fingerprint density at radius 3 is 2.95 bits per heavy atom. The van der Waals surface area contributed by atoms with E-state index in [0.29, 0.717) is 12.4 Å². The average Bonchev–Trinajstić information content (AvgIpc) is 3.06. The zero-order chi connectivity index (χ0) is 14.1. The number of hydrogen-bond donors (Lipinski definition) is 1. The van der Waals surface area contributed by atoms with E-state index in [2.05, 4.69) is 19.8 Å². The van der Waals surface area contributed by atoms with Gasteiger partial charge in [0.1, 0.15) is 5.69 Å². The van der Waals surface area contributed by atoms with Gasteiger partial charge in [0.2, 0.25) is 5.88 Å². The zero-order valence-electron chi connectivity index (χ0n) is 11.8. The van der Waals surface area contributed by atoms with Crippen LogP contribution in [-0.2, 0) is 20.1 Å². The third-order valence-corrected chi connectivity index (χ3v) is 4.00. The molecular formula is C13H17N5OS. The largest absolute Gasteiger partial charge is 0.480 e. The number of fused-ring (bicyclic) bond motifs is 1. The summed E-state index contributed by atoms with van der Waals surface area (Å²) in [6.07, 6.45) is 4.05.